The van der Waals surface area contributed by atoms with Crippen molar-refractivity contribution in [3.05, 3.63) is 35.4 Å². The van der Waals surface area contributed by atoms with Gasteiger partial charge < -0.3 is 15.4 Å². The molecule has 3 rings (SSSR count). The summed E-state index contributed by atoms with van der Waals surface area (Å²) in [6.45, 7) is 3.27. The van der Waals surface area contributed by atoms with Crippen LogP contribution < -0.4 is 5.73 Å². The Labute approximate surface area is 126 Å². The van der Waals surface area contributed by atoms with Gasteiger partial charge in [-0.25, -0.2) is 0 Å². The number of hydrogen-bond acceptors (Lipinski definition) is 3. The van der Waals surface area contributed by atoms with Gasteiger partial charge in [0.2, 0.25) is 0 Å². The number of amides is 1. The van der Waals surface area contributed by atoms with Crippen molar-refractivity contribution in [1.82, 2.24) is 4.90 Å². The van der Waals surface area contributed by atoms with Crippen LogP contribution in [0, 0.1) is 6.92 Å². The van der Waals surface area contributed by atoms with E-state index in [1.165, 1.54) is 11.1 Å². The minimum atomic E-state index is -0.287. The molecular weight excluding hydrogens is 264 g/mol. The number of carbonyl (C=O) groups excluding carboxylic acids is 1. The lowest BCUT2D eigenvalue weighted by molar-refractivity contribution is -0.144. The second-order valence-corrected chi connectivity index (χ2v) is 6.24. The zero-order valence-electron chi connectivity index (χ0n) is 12.6. The van der Waals surface area contributed by atoms with Crippen molar-refractivity contribution in [1.29, 1.82) is 0 Å². The lowest BCUT2D eigenvalue weighted by atomic mass is 10.1. The second kappa shape index (κ2) is 6.16. The molecule has 21 heavy (non-hydrogen) atoms. The highest BCUT2D eigenvalue weighted by Gasteiger charge is 2.39. The number of ether oxygens (including phenoxy) is 1. The van der Waals surface area contributed by atoms with Gasteiger partial charge in [0.1, 0.15) is 6.10 Å². The van der Waals surface area contributed by atoms with Crippen LogP contribution in [0.4, 0.5) is 0 Å². The van der Waals surface area contributed by atoms with Crippen LogP contribution in [0.1, 0.15) is 36.8 Å². The SMILES string of the molecule is Cc1ccc(CN(C(=O)C2CCC(CN)O2)C2CC2)cc1. The zero-order chi connectivity index (χ0) is 14.8. The molecule has 4 heteroatoms. The van der Waals surface area contributed by atoms with Gasteiger partial charge in [-0.1, -0.05) is 29.8 Å². The third-order valence-electron chi connectivity index (χ3n) is 4.39. The van der Waals surface area contributed by atoms with E-state index in [2.05, 4.69) is 31.2 Å². The molecule has 1 heterocycles. The molecule has 0 spiro atoms. The molecule has 114 valence electrons. The summed E-state index contributed by atoms with van der Waals surface area (Å²) in [6.07, 6.45) is 3.70. The van der Waals surface area contributed by atoms with Gasteiger partial charge in [0.05, 0.1) is 6.10 Å². The molecule has 2 N–H and O–H groups in total. The summed E-state index contributed by atoms with van der Waals surface area (Å²) < 4.78 is 5.77. The number of aryl methyl sites for hydroxylation is 1. The predicted molar refractivity (Wildman–Crippen MR) is 81.7 cm³/mol. The molecule has 1 aromatic rings. The highest BCUT2D eigenvalue weighted by Crippen LogP contribution is 2.31. The van der Waals surface area contributed by atoms with Crippen molar-refractivity contribution >= 4 is 5.91 Å². The van der Waals surface area contributed by atoms with E-state index in [0.29, 0.717) is 19.1 Å². The van der Waals surface area contributed by atoms with Gasteiger partial charge in [-0.3, -0.25) is 4.79 Å². The van der Waals surface area contributed by atoms with Crippen LogP contribution in [0.3, 0.4) is 0 Å². The molecule has 2 aliphatic rings. The monoisotopic (exact) mass is 288 g/mol. The summed E-state index contributed by atoms with van der Waals surface area (Å²) in [5.41, 5.74) is 8.06. The number of benzene rings is 1. The first-order valence-electron chi connectivity index (χ1n) is 7.89. The number of nitrogens with two attached hydrogens (primary N) is 1. The van der Waals surface area contributed by atoms with E-state index in [4.69, 9.17) is 10.5 Å². The average Bonchev–Trinajstić information content (AvgIpc) is 3.22. The smallest absolute Gasteiger partial charge is 0.252 e. The van der Waals surface area contributed by atoms with Crippen LogP contribution >= 0.6 is 0 Å². The van der Waals surface area contributed by atoms with Gasteiger partial charge in [-0.2, -0.15) is 0 Å². The molecule has 1 saturated carbocycles. The molecular formula is C17H24N2O2. The predicted octanol–water partition coefficient (Wildman–Crippen LogP) is 1.99. The fourth-order valence-electron chi connectivity index (χ4n) is 2.91. The zero-order valence-corrected chi connectivity index (χ0v) is 12.6. The summed E-state index contributed by atoms with van der Waals surface area (Å²) >= 11 is 0. The Balaban J connectivity index is 1.67. The lowest BCUT2D eigenvalue weighted by Crippen LogP contribution is -2.40. The minimum Gasteiger partial charge on any atom is -0.364 e. The molecule has 1 aromatic carbocycles. The Morgan fingerprint density at radius 1 is 1.24 bits per heavy atom. The van der Waals surface area contributed by atoms with Gasteiger partial charge in [-0.15, -0.1) is 0 Å². The van der Waals surface area contributed by atoms with Crippen LogP contribution in [0.2, 0.25) is 0 Å². The van der Waals surface area contributed by atoms with Crippen molar-refractivity contribution in [2.45, 2.75) is 57.4 Å². The van der Waals surface area contributed by atoms with Crippen LogP contribution in [0.25, 0.3) is 0 Å². The number of hydrogen-bond donors (Lipinski definition) is 1. The van der Waals surface area contributed by atoms with Crippen LogP contribution in [0.5, 0.6) is 0 Å². The van der Waals surface area contributed by atoms with E-state index in [-0.39, 0.29) is 18.1 Å². The molecule has 2 fully saturated rings. The minimum absolute atomic E-state index is 0.0550. The first kappa shape index (κ1) is 14.5. The first-order chi connectivity index (χ1) is 10.2. The van der Waals surface area contributed by atoms with E-state index in [1.54, 1.807) is 0 Å². The van der Waals surface area contributed by atoms with Gasteiger partial charge in [0.25, 0.3) is 5.91 Å². The largest absolute Gasteiger partial charge is 0.364 e. The highest BCUT2D eigenvalue weighted by molar-refractivity contribution is 5.81. The number of carbonyl (C=O) groups is 1. The molecule has 2 atom stereocenters. The molecule has 1 aliphatic carbocycles. The quantitative estimate of drug-likeness (QED) is 0.901. The summed E-state index contributed by atoms with van der Waals surface area (Å²) in [7, 11) is 0. The van der Waals surface area contributed by atoms with Crippen molar-refractivity contribution < 1.29 is 9.53 Å². The summed E-state index contributed by atoms with van der Waals surface area (Å²) in [6, 6.07) is 8.81. The van der Waals surface area contributed by atoms with Crippen LogP contribution in [0.15, 0.2) is 24.3 Å². The third-order valence-corrected chi connectivity index (χ3v) is 4.39. The average molecular weight is 288 g/mol. The Bertz CT molecular complexity index is 496. The molecule has 2 unspecified atom stereocenters. The topological polar surface area (TPSA) is 55.6 Å². The lowest BCUT2D eigenvalue weighted by Gasteiger charge is -2.26. The molecule has 4 nitrogen and oxygen atoms in total. The standard InChI is InChI=1S/C17H24N2O2/c1-12-2-4-13(5-3-12)11-19(14-6-7-14)17(20)16-9-8-15(10-18)21-16/h2-5,14-16H,6-11,18H2,1H3. The molecule has 1 amide bonds. The van der Waals surface area contributed by atoms with Gasteiger partial charge in [0, 0.05) is 19.1 Å². The van der Waals surface area contributed by atoms with Gasteiger partial charge >= 0.3 is 0 Å². The Morgan fingerprint density at radius 3 is 2.52 bits per heavy atom. The molecule has 1 aliphatic heterocycles. The van der Waals surface area contributed by atoms with Crippen molar-refractivity contribution in [3.63, 3.8) is 0 Å². The van der Waals surface area contributed by atoms with E-state index in [1.807, 2.05) is 4.90 Å². The Kier molecular flexibility index (Phi) is 4.27. The molecule has 0 bridgehead atoms. The van der Waals surface area contributed by atoms with Crippen molar-refractivity contribution in [3.8, 4) is 0 Å². The fourth-order valence-corrected chi connectivity index (χ4v) is 2.91. The highest BCUT2D eigenvalue weighted by atomic mass is 16.5. The maximum atomic E-state index is 12.7. The number of rotatable bonds is 5. The fraction of sp³-hybridized carbons (Fsp3) is 0.588. The van der Waals surface area contributed by atoms with Gasteiger partial charge in [0.15, 0.2) is 0 Å². The van der Waals surface area contributed by atoms with E-state index >= 15 is 0 Å². The van der Waals surface area contributed by atoms with E-state index < -0.39 is 0 Å². The van der Waals surface area contributed by atoms with Crippen LogP contribution in [-0.2, 0) is 16.1 Å². The number of nitrogens with zero attached hydrogens (tertiary/aromatic N) is 1. The maximum Gasteiger partial charge on any atom is 0.252 e. The first-order valence-corrected chi connectivity index (χ1v) is 7.89. The van der Waals surface area contributed by atoms with Crippen molar-refractivity contribution in [2.24, 2.45) is 5.73 Å². The molecule has 1 saturated heterocycles. The summed E-state index contributed by atoms with van der Waals surface area (Å²) in [5.74, 6) is 0.147. The molecule has 0 radical (unpaired) electrons. The normalized spacial score (nSPS) is 25.0. The van der Waals surface area contributed by atoms with E-state index in [9.17, 15) is 4.79 Å². The third kappa shape index (κ3) is 3.44. The molecule has 0 aromatic heterocycles. The summed E-state index contributed by atoms with van der Waals surface area (Å²) in [4.78, 5) is 14.7. The van der Waals surface area contributed by atoms with Gasteiger partial charge in [-0.05, 0) is 38.2 Å². The van der Waals surface area contributed by atoms with E-state index in [0.717, 1.165) is 25.7 Å². The van der Waals surface area contributed by atoms with Crippen molar-refractivity contribution in [2.75, 3.05) is 6.54 Å². The maximum absolute atomic E-state index is 12.7. The Morgan fingerprint density at radius 2 is 1.95 bits per heavy atom. The summed E-state index contributed by atoms with van der Waals surface area (Å²) in [5, 5.41) is 0. The second-order valence-electron chi connectivity index (χ2n) is 6.24. The van der Waals surface area contributed by atoms with Crippen LogP contribution in [-0.4, -0.2) is 35.6 Å². The Hall–Kier alpha value is -1.39.